The second-order valence-electron chi connectivity index (χ2n) is 5.65. The van der Waals surface area contributed by atoms with Crippen LogP contribution in [0.5, 0.6) is 11.5 Å². The Morgan fingerprint density at radius 3 is 2.73 bits per heavy atom. The van der Waals surface area contributed by atoms with Crippen LogP contribution in [0.15, 0.2) is 28.6 Å². The number of hydrogen-bond donors (Lipinski definition) is 2. The molecule has 0 amide bonds. The van der Waals surface area contributed by atoms with Crippen LogP contribution in [0.4, 0.5) is 0 Å². The van der Waals surface area contributed by atoms with E-state index in [4.69, 9.17) is 9.47 Å². The van der Waals surface area contributed by atoms with Crippen LogP contribution >= 0.6 is 11.3 Å². The molecule has 1 heterocycles. The van der Waals surface area contributed by atoms with E-state index in [-0.39, 0.29) is 0 Å². The predicted molar refractivity (Wildman–Crippen MR) is 108 cm³/mol. The van der Waals surface area contributed by atoms with Gasteiger partial charge in [0.15, 0.2) is 17.5 Å². The monoisotopic (exact) mass is 376 g/mol. The molecule has 0 aliphatic heterocycles. The highest BCUT2D eigenvalue weighted by Gasteiger charge is 2.06. The molecule has 0 atom stereocenters. The van der Waals surface area contributed by atoms with Crippen molar-refractivity contribution in [1.82, 2.24) is 15.6 Å². The van der Waals surface area contributed by atoms with Crippen LogP contribution in [0.1, 0.15) is 30.1 Å². The maximum Gasteiger partial charge on any atom is 0.191 e. The van der Waals surface area contributed by atoms with Gasteiger partial charge in [0, 0.05) is 24.9 Å². The van der Waals surface area contributed by atoms with Crippen LogP contribution in [0.25, 0.3) is 0 Å². The highest BCUT2D eigenvalue weighted by molar-refractivity contribution is 7.09. The molecule has 2 aromatic rings. The van der Waals surface area contributed by atoms with Gasteiger partial charge in [-0.15, -0.1) is 11.3 Å². The lowest BCUT2D eigenvalue weighted by molar-refractivity contribution is 0.310. The van der Waals surface area contributed by atoms with Gasteiger partial charge in [0.2, 0.25) is 0 Å². The summed E-state index contributed by atoms with van der Waals surface area (Å²) in [6.45, 7) is 8.82. The molecule has 142 valence electrons. The lowest BCUT2D eigenvalue weighted by Gasteiger charge is -2.12. The average molecular weight is 377 g/mol. The number of thiazole rings is 1. The molecule has 0 unspecified atom stereocenters. The van der Waals surface area contributed by atoms with Gasteiger partial charge in [-0.2, -0.15) is 0 Å². The van der Waals surface area contributed by atoms with Crippen molar-refractivity contribution in [2.45, 2.75) is 33.7 Å². The molecule has 0 aliphatic rings. The van der Waals surface area contributed by atoms with E-state index in [1.807, 2.05) is 32.0 Å². The number of aryl methyl sites for hydroxylation is 1. The normalized spacial score (nSPS) is 11.3. The van der Waals surface area contributed by atoms with E-state index in [1.54, 1.807) is 18.4 Å². The summed E-state index contributed by atoms with van der Waals surface area (Å²) in [6.07, 6.45) is 0.881. The summed E-state index contributed by atoms with van der Waals surface area (Å²) >= 11 is 1.68. The Morgan fingerprint density at radius 2 is 2.08 bits per heavy atom. The minimum absolute atomic E-state index is 0.563. The molecule has 6 nitrogen and oxygen atoms in total. The first-order valence-corrected chi connectivity index (χ1v) is 9.77. The van der Waals surface area contributed by atoms with E-state index in [0.717, 1.165) is 53.2 Å². The Kier molecular flexibility index (Phi) is 8.21. The van der Waals surface area contributed by atoms with Crippen molar-refractivity contribution in [3.8, 4) is 11.5 Å². The molecule has 2 N–H and O–H groups in total. The fourth-order valence-electron chi connectivity index (χ4n) is 2.43. The first kappa shape index (κ1) is 20.0. The van der Waals surface area contributed by atoms with Gasteiger partial charge < -0.3 is 20.1 Å². The van der Waals surface area contributed by atoms with Crippen LogP contribution in [0, 0.1) is 6.92 Å². The molecule has 26 heavy (non-hydrogen) atoms. The highest BCUT2D eigenvalue weighted by Crippen LogP contribution is 2.28. The van der Waals surface area contributed by atoms with E-state index in [0.29, 0.717) is 13.2 Å². The van der Waals surface area contributed by atoms with Gasteiger partial charge in [-0.1, -0.05) is 6.07 Å². The van der Waals surface area contributed by atoms with Crippen molar-refractivity contribution in [1.29, 1.82) is 0 Å². The van der Waals surface area contributed by atoms with Gasteiger partial charge >= 0.3 is 0 Å². The number of hydrogen-bond acceptors (Lipinski definition) is 5. The summed E-state index contributed by atoms with van der Waals surface area (Å²) in [7, 11) is 1.65. The zero-order valence-electron chi connectivity index (χ0n) is 16.0. The van der Waals surface area contributed by atoms with Crippen LogP contribution in [0.3, 0.4) is 0 Å². The zero-order valence-corrected chi connectivity index (χ0v) is 16.8. The fraction of sp³-hybridized carbons (Fsp3) is 0.474. The second-order valence-corrected chi connectivity index (χ2v) is 6.71. The third-order valence-corrected chi connectivity index (χ3v) is 4.45. The SMILES string of the molecule is CCNC(=NCc1ccc(OCC)c(OC)c1)NCCc1csc(C)n1. The Bertz CT molecular complexity index is 715. The number of guanidine groups is 1. The van der Waals surface area contributed by atoms with Crippen molar-refractivity contribution in [3.63, 3.8) is 0 Å². The number of benzene rings is 1. The molecule has 0 radical (unpaired) electrons. The van der Waals surface area contributed by atoms with Crippen LogP contribution in [-0.2, 0) is 13.0 Å². The lowest BCUT2D eigenvalue weighted by atomic mass is 10.2. The first-order valence-electron chi connectivity index (χ1n) is 8.89. The molecule has 0 saturated heterocycles. The summed E-state index contributed by atoms with van der Waals surface area (Å²) in [4.78, 5) is 9.13. The minimum atomic E-state index is 0.563. The number of methoxy groups -OCH3 is 1. The Hall–Kier alpha value is -2.28. The number of nitrogens with one attached hydrogen (secondary N) is 2. The largest absolute Gasteiger partial charge is 0.493 e. The topological polar surface area (TPSA) is 67.8 Å². The van der Waals surface area contributed by atoms with Crippen molar-refractivity contribution >= 4 is 17.3 Å². The van der Waals surface area contributed by atoms with Crippen LogP contribution in [-0.4, -0.2) is 37.7 Å². The number of aliphatic imine (C=N–C) groups is 1. The Labute approximate surface area is 159 Å². The van der Waals surface area contributed by atoms with Gasteiger partial charge in [0.05, 0.1) is 31.0 Å². The van der Waals surface area contributed by atoms with Gasteiger partial charge in [-0.05, 0) is 38.5 Å². The summed E-state index contributed by atoms with van der Waals surface area (Å²) < 4.78 is 11.0. The standard InChI is InChI=1S/C19H28N4O2S/c1-5-20-19(21-10-9-16-13-26-14(3)23-16)22-12-15-7-8-17(25-6-2)18(11-15)24-4/h7-8,11,13H,5-6,9-10,12H2,1-4H3,(H2,20,21,22). The third-order valence-electron chi connectivity index (χ3n) is 3.63. The fourth-order valence-corrected chi connectivity index (χ4v) is 3.08. The van der Waals surface area contributed by atoms with Crippen molar-refractivity contribution in [2.75, 3.05) is 26.8 Å². The molecule has 0 spiro atoms. The molecule has 0 saturated carbocycles. The molecule has 0 bridgehead atoms. The molecule has 2 rings (SSSR count). The summed E-state index contributed by atoms with van der Waals surface area (Å²) in [5.74, 6) is 2.29. The van der Waals surface area contributed by atoms with E-state index >= 15 is 0 Å². The summed E-state index contributed by atoms with van der Waals surface area (Å²) in [5, 5.41) is 9.83. The summed E-state index contributed by atoms with van der Waals surface area (Å²) in [6, 6.07) is 5.91. The molecule has 0 aliphatic carbocycles. The zero-order chi connectivity index (χ0) is 18.8. The van der Waals surface area contributed by atoms with Gasteiger partial charge in [0.1, 0.15) is 0 Å². The molecular formula is C19H28N4O2S. The van der Waals surface area contributed by atoms with Gasteiger partial charge in [-0.3, -0.25) is 0 Å². The number of rotatable bonds is 9. The van der Waals surface area contributed by atoms with E-state index in [9.17, 15) is 0 Å². The van der Waals surface area contributed by atoms with E-state index in [2.05, 4.69) is 32.9 Å². The molecule has 7 heteroatoms. The smallest absolute Gasteiger partial charge is 0.191 e. The highest BCUT2D eigenvalue weighted by atomic mass is 32.1. The maximum absolute atomic E-state index is 5.55. The molecular weight excluding hydrogens is 348 g/mol. The first-order chi connectivity index (χ1) is 12.7. The third kappa shape index (κ3) is 6.22. The predicted octanol–water partition coefficient (Wildman–Crippen LogP) is 3.16. The van der Waals surface area contributed by atoms with Crippen molar-refractivity contribution in [3.05, 3.63) is 39.8 Å². The number of aromatic nitrogens is 1. The van der Waals surface area contributed by atoms with E-state index < -0.39 is 0 Å². The van der Waals surface area contributed by atoms with Crippen molar-refractivity contribution < 1.29 is 9.47 Å². The average Bonchev–Trinajstić information content (AvgIpc) is 3.06. The maximum atomic E-state index is 5.55. The van der Waals surface area contributed by atoms with Crippen LogP contribution < -0.4 is 20.1 Å². The van der Waals surface area contributed by atoms with E-state index in [1.165, 1.54) is 0 Å². The molecule has 1 aromatic carbocycles. The van der Waals surface area contributed by atoms with Gasteiger partial charge in [-0.25, -0.2) is 9.98 Å². The van der Waals surface area contributed by atoms with Crippen LogP contribution in [0.2, 0.25) is 0 Å². The molecule has 1 aromatic heterocycles. The number of nitrogens with zero attached hydrogens (tertiary/aromatic N) is 2. The number of ether oxygens (including phenoxy) is 2. The molecule has 0 fully saturated rings. The second kappa shape index (κ2) is 10.7. The Balaban J connectivity index is 1.94. The summed E-state index contributed by atoms with van der Waals surface area (Å²) in [5.41, 5.74) is 2.18. The minimum Gasteiger partial charge on any atom is -0.493 e. The quantitative estimate of drug-likeness (QED) is 0.520. The Morgan fingerprint density at radius 1 is 1.23 bits per heavy atom. The van der Waals surface area contributed by atoms with Gasteiger partial charge in [0.25, 0.3) is 0 Å². The van der Waals surface area contributed by atoms with Crippen molar-refractivity contribution in [2.24, 2.45) is 4.99 Å². The lowest BCUT2D eigenvalue weighted by Crippen LogP contribution is -2.38.